The van der Waals surface area contributed by atoms with E-state index in [9.17, 15) is 29.1 Å². The molecule has 0 saturated heterocycles. The number of hydrogen-bond donors (Lipinski definition) is 4. The van der Waals surface area contributed by atoms with E-state index in [1.807, 2.05) is 41.9 Å². The molecule has 7 aromatic rings. The summed E-state index contributed by atoms with van der Waals surface area (Å²) in [5.41, 5.74) is 4.86. The van der Waals surface area contributed by atoms with Crippen LogP contribution in [0.2, 0.25) is 0 Å². The first-order valence-corrected chi connectivity index (χ1v) is 21.2. The molecule has 0 atom stereocenters. The minimum absolute atomic E-state index is 0. The molecule has 4 N–H and O–H groups in total. The number of aromatic hydroxyl groups is 1. The molecule has 7 rings (SSSR count). The van der Waals surface area contributed by atoms with Crippen LogP contribution in [0.5, 0.6) is 23.0 Å². The number of nitrogens with one attached hydrogen (secondary N) is 2. The number of rotatable bonds is 13. The highest BCUT2D eigenvalue weighted by molar-refractivity contribution is 9.09. The molecule has 0 bridgehead atoms. The molecule has 0 aliphatic heterocycles. The first-order valence-electron chi connectivity index (χ1n) is 20.1. The van der Waals surface area contributed by atoms with Gasteiger partial charge < -0.3 is 44.4 Å². The SMILES string of the molecule is C.CNc1ccccc1C(=O)O.CNc1ccccc1C(=O)OCC(=O)c1ccc(OC)cc1.COc1ccc(-c2c(O)c(=O)c3ccccc3n2C)cc1.COc1ccc(C(=O)CBr)cc1. The van der Waals surface area contributed by atoms with E-state index >= 15 is 0 Å². The van der Waals surface area contributed by atoms with Gasteiger partial charge >= 0.3 is 11.9 Å². The Labute approximate surface area is 397 Å². The number of hydrogen-bond acceptors (Lipinski definition) is 12. The lowest BCUT2D eigenvalue weighted by atomic mass is 10.1. The predicted molar refractivity (Wildman–Crippen MR) is 267 cm³/mol. The van der Waals surface area contributed by atoms with Gasteiger partial charge in [-0.25, -0.2) is 9.59 Å². The van der Waals surface area contributed by atoms with Crippen molar-refractivity contribution in [1.29, 1.82) is 0 Å². The molecule has 1 heterocycles. The van der Waals surface area contributed by atoms with Crippen molar-refractivity contribution in [3.05, 3.63) is 178 Å². The second-order valence-electron chi connectivity index (χ2n) is 13.7. The molecule has 14 nitrogen and oxygen atoms in total. The minimum Gasteiger partial charge on any atom is -0.503 e. The summed E-state index contributed by atoms with van der Waals surface area (Å²) in [5.74, 6) is 0.292. The van der Waals surface area contributed by atoms with Gasteiger partial charge in [-0.05, 0) is 109 Å². The number of ether oxygens (including phenoxy) is 4. The van der Waals surface area contributed by atoms with Crippen molar-refractivity contribution in [2.75, 3.05) is 58.0 Å². The molecule has 0 radical (unpaired) electrons. The molecule has 1 aromatic heterocycles. The Kier molecular flexibility index (Phi) is 21.4. The van der Waals surface area contributed by atoms with Crippen molar-refractivity contribution in [3.8, 4) is 34.3 Å². The van der Waals surface area contributed by atoms with Crippen molar-refractivity contribution in [2.24, 2.45) is 7.05 Å². The number of fused-ring (bicyclic) bond motifs is 1. The fraction of sp³-hybridized carbons (Fsp3) is 0.173. The van der Waals surface area contributed by atoms with Gasteiger partial charge in [0.05, 0.1) is 49.0 Å². The standard InChI is InChI=1S/C17H17NO4.C17H15NO3.C9H9BrO2.C8H9NO2.CH4/c1-18-15-6-4-3-5-14(15)17(20)22-11-16(19)12-7-9-13(21-2)10-8-12;1-18-14-6-4-3-5-13(14)16(19)17(20)15(18)11-7-9-12(21-2)10-8-11;1-12-8-4-2-7(3-5-8)9(11)6-10;1-9-7-5-3-2-4-6(7)8(10)11;/h3-10,18H,11H2,1-2H3;3-10,20H,1-2H3;2-5H,6H2,1H3;2-5,9H,1H3,(H,10,11);1H4. The van der Waals surface area contributed by atoms with Crippen LogP contribution in [-0.2, 0) is 11.8 Å². The number of methoxy groups -OCH3 is 3. The van der Waals surface area contributed by atoms with E-state index in [0.29, 0.717) is 55.8 Å². The van der Waals surface area contributed by atoms with Crippen LogP contribution >= 0.6 is 15.9 Å². The molecule has 0 fully saturated rings. The zero-order chi connectivity index (χ0) is 48.2. The summed E-state index contributed by atoms with van der Waals surface area (Å²) in [5, 5.41) is 25.5. The molecule has 0 unspecified atom stereocenters. The second kappa shape index (κ2) is 26.8. The third-order valence-corrected chi connectivity index (χ3v) is 10.3. The van der Waals surface area contributed by atoms with E-state index in [0.717, 1.165) is 22.6 Å². The number of nitrogens with zero attached hydrogens (tertiary/aromatic N) is 1. The van der Waals surface area contributed by atoms with Crippen LogP contribution in [0.4, 0.5) is 11.4 Å². The van der Waals surface area contributed by atoms with Gasteiger partial charge in [-0.1, -0.05) is 59.8 Å². The number of carboxylic acids is 1. The van der Waals surface area contributed by atoms with Crippen LogP contribution in [0, 0.1) is 0 Å². The molecule has 0 saturated carbocycles. The number of pyridine rings is 1. The third kappa shape index (κ3) is 14.5. The summed E-state index contributed by atoms with van der Waals surface area (Å²) in [6, 6.07) is 41.9. The highest BCUT2D eigenvalue weighted by Crippen LogP contribution is 2.30. The maximum atomic E-state index is 12.3. The number of anilines is 2. The molecule has 0 amide bonds. The maximum absolute atomic E-state index is 12.3. The molecule has 350 valence electrons. The zero-order valence-corrected chi connectivity index (χ0v) is 38.8. The molecule has 15 heteroatoms. The summed E-state index contributed by atoms with van der Waals surface area (Å²) in [6.07, 6.45) is 0. The number of benzene rings is 6. The van der Waals surface area contributed by atoms with Gasteiger partial charge in [0.15, 0.2) is 23.9 Å². The molecule has 0 spiro atoms. The van der Waals surface area contributed by atoms with Crippen LogP contribution in [0.1, 0.15) is 48.9 Å². The smallest absolute Gasteiger partial charge is 0.340 e. The third-order valence-electron chi connectivity index (χ3n) is 9.77. The van der Waals surface area contributed by atoms with E-state index in [1.165, 1.54) is 0 Å². The largest absolute Gasteiger partial charge is 0.503 e. The molecular weight excluding hydrogens is 922 g/mol. The van der Waals surface area contributed by atoms with Gasteiger partial charge in [0, 0.05) is 54.6 Å². The van der Waals surface area contributed by atoms with E-state index in [2.05, 4.69) is 26.6 Å². The van der Waals surface area contributed by atoms with Crippen LogP contribution in [-0.4, -0.2) is 85.6 Å². The van der Waals surface area contributed by atoms with E-state index in [-0.39, 0.29) is 36.8 Å². The first-order chi connectivity index (χ1) is 31.8. The van der Waals surface area contributed by atoms with Crippen LogP contribution in [0.25, 0.3) is 22.2 Å². The lowest BCUT2D eigenvalue weighted by Gasteiger charge is -2.14. The number of carbonyl (C=O) groups is 4. The number of carboxylic acid groups (broad SMARTS) is 1. The van der Waals surface area contributed by atoms with Gasteiger partial charge in [0.2, 0.25) is 5.43 Å². The number of carbonyl (C=O) groups excluding carboxylic acids is 3. The Bertz CT molecular complexity index is 2790. The summed E-state index contributed by atoms with van der Waals surface area (Å²) >= 11 is 3.11. The fourth-order valence-corrected chi connectivity index (χ4v) is 6.57. The van der Waals surface area contributed by atoms with Crippen LogP contribution in [0.3, 0.4) is 0 Å². The number of alkyl halides is 1. The summed E-state index contributed by atoms with van der Waals surface area (Å²) in [6.45, 7) is -0.302. The summed E-state index contributed by atoms with van der Waals surface area (Å²) in [7, 11) is 9.99. The van der Waals surface area contributed by atoms with Gasteiger partial charge in [-0.2, -0.15) is 0 Å². The van der Waals surface area contributed by atoms with E-state index in [4.69, 9.17) is 24.1 Å². The van der Waals surface area contributed by atoms with Crippen molar-refractivity contribution >= 4 is 61.7 Å². The molecule has 67 heavy (non-hydrogen) atoms. The molecule has 0 aliphatic carbocycles. The van der Waals surface area contributed by atoms with Crippen molar-refractivity contribution in [2.45, 2.75) is 7.43 Å². The fourth-order valence-electron chi connectivity index (χ4n) is 6.24. The topological polar surface area (TPSA) is 192 Å². The van der Waals surface area contributed by atoms with E-state index < -0.39 is 11.9 Å². The molecule has 0 aliphatic rings. The number of Topliss-reactive ketones (excluding diaryl/α,β-unsaturated/α-hetero) is 2. The number of aromatic nitrogens is 1. The number of esters is 1. The molecule has 6 aromatic carbocycles. The minimum atomic E-state index is -0.907. The lowest BCUT2D eigenvalue weighted by molar-refractivity contribution is 0.0475. The van der Waals surface area contributed by atoms with Gasteiger partial charge in [-0.15, -0.1) is 0 Å². The van der Waals surface area contributed by atoms with Gasteiger partial charge in [0.25, 0.3) is 0 Å². The van der Waals surface area contributed by atoms with Crippen LogP contribution in [0.15, 0.2) is 150 Å². The number of para-hydroxylation sites is 3. The number of aromatic carboxylic acids is 1. The Balaban J connectivity index is 0.000000246. The number of halogens is 1. The maximum Gasteiger partial charge on any atom is 0.340 e. The Morgan fingerprint density at radius 1 is 0.612 bits per heavy atom. The Morgan fingerprint density at radius 3 is 1.51 bits per heavy atom. The van der Waals surface area contributed by atoms with Crippen molar-refractivity contribution < 1.29 is 48.3 Å². The Morgan fingerprint density at radius 2 is 1.04 bits per heavy atom. The lowest BCUT2D eigenvalue weighted by Crippen LogP contribution is -2.15. The highest BCUT2D eigenvalue weighted by Gasteiger charge is 2.17. The predicted octanol–water partition coefficient (Wildman–Crippen LogP) is 10.0. The second-order valence-corrected chi connectivity index (χ2v) is 14.3. The average Bonchev–Trinajstić information content (AvgIpc) is 3.37. The number of ketones is 2. The first kappa shape index (κ1) is 53.4. The Hall–Kier alpha value is -7.91. The highest BCUT2D eigenvalue weighted by atomic mass is 79.9. The average molecular weight is 977 g/mol. The van der Waals surface area contributed by atoms with Gasteiger partial charge in [0.1, 0.15) is 17.2 Å². The summed E-state index contributed by atoms with van der Waals surface area (Å²) < 4.78 is 22.0. The summed E-state index contributed by atoms with van der Waals surface area (Å²) in [4.78, 5) is 58.0. The number of aryl methyl sites for hydroxylation is 1. The normalized spacial score (nSPS) is 9.84. The van der Waals surface area contributed by atoms with Crippen molar-refractivity contribution in [3.63, 3.8) is 0 Å². The van der Waals surface area contributed by atoms with Crippen molar-refractivity contribution in [1.82, 2.24) is 4.57 Å². The molecular formula is C52H54BrN3O11. The van der Waals surface area contributed by atoms with Gasteiger partial charge in [-0.3, -0.25) is 14.4 Å². The van der Waals surface area contributed by atoms with E-state index in [1.54, 1.807) is 151 Å². The zero-order valence-electron chi connectivity index (χ0n) is 37.2. The van der Waals surface area contributed by atoms with Crippen LogP contribution < -0.4 is 30.3 Å². The monoisotopic (exact) mass is 975 g/mol. The quantitative estimate of drug-likeness (QED) is 0.0485.